The van der Waals surface area contributed by atoms with Crippen LogP contribution in [0.5, 0.6) is 0 Å². The molecule has 3 aromatic carbocycles. The van der Waals surface area contributed by atoms with E-state index in [-0.39, 0.29) is 24.8 Å². The van der Waals surface area contributed by atoms with Crippen molar-refractivity contribution in [2.75, 3.05) is 0 Å². The first kappa shape index (κ1) is 23.8. The van der Waals surface area contributed by atoms with Gasteiger partial charge in [0.15, 0.2) is 0 Å². The Labute approximate surface area is 208 Å². The van der Waals surface area contributed by atoms with E-state index in [4.69, 9.17) is 0 Å². The zero-order chi connectivity index (χ0) is 18.9. The van der Waals surface area contributed by atoms with E-state index in [1.165, 1.54) is 72.4 Å². The zero-order valence-electron chi connectivity index (χ0n) is 17.3. The van der Waals surface area contributed by atoms with Crippen LogP contribution in [0.15, 0.2) is 66.2 Å². The third-order valence-corrected chi connectivity index (χ3v) is 8.39. The molecule has 0 nitrogen and oxygen atoms in total. The van der Waals surface area contributed by atoms with Crippen molar-refractivity contribution in [3.05, 3.63) is 77.4 Å². The van der Waals surface area contributed by atoms with Gasteiger partial charge in [-0.15, -0.1) is 24.8 Å². The summed E-state index contributed by atoms with van der Waals surface area (Å²) >= 11 is 1.64. The van der Waals surface area contributed by atoms with Crippen molar-refractivity contribution in [2.24, 2.45) is 5.92 Å². The van der Waals surface area contributed by atoms with Crippen LogP contribution in [0.1, 0.15) is 59.7 Å². The van der Waals surface area contributed by atoms with Crippen molar-refractivity contribution in [1.29, 1.82) is 0 Å². The number of hydrogen-bond acceptors (Lipinski definition) is 0. The van der Waals surface area contributed by atoms with E-state index in [9.17, 15) is 0 Å². The number of hydrogen-bond donors (Lipinski definition) is 0. The molecule has 0 aliphatic heterocycles. The van der Waals surface area contributed by atoms with Crippen LogP contribution in [0.2, 0.25) is 0 Å². The third-order valence-electron chi connectivity index (χ3n) is 6.71. The number of halogens is 2. The molecule has 155 valence electrons. The van der Waals surface area contributed by atoms with Crippen LogP contribution < -0.4 is 0 Å². The Morgan fingerprint density at radius 1 is 0.767 bits per heavy atom. The quantitative estimate of drug-likeness (QED) is 0.306. The first-order valence-corrected chi connectivity index (χ1v) is 12.3. The summed E-state index contributed by atoms with van der Waals surface area (Å²) in [6.45, 7) is 0. The number of fused-ring (bicyclic) bond motifs is 2. The maximum atomic E-state index is 2.56. The molecule has 0 bridgehead atoms. The van der Waals surface area contributed by atoms with Gasteiger partial charge in [0.05, 0.1) is 0 Å². The molecule has 2 aliphatic carbocycles. The molecule has 30 heavy (non-hydrogen) atoms. The van der Waals surface area contributed by atoms with Gasteiger partial charge in [0.1, 0.15) is 0 Å². The minimum absolute atomic E-state index is 0. The molecule has 1 unspecified atom stereocenters. The van der Waals surface area contributed by atoms with Crippen LogP contribution in [-0.4, -0.2) is 0 Å². The summed E-state index contributed by atoms with van der Waals surface area (Å²) in [6, 6.07) is 22.6. The summed E-state index contributed by atoms with van der Waals surface area (Å²) in [7, 11) is 0. The van der Waals surface area contributed by atoms with Crippen LogP contribution in [0.4, 0.5) is 0 Å². The molecule has 2 aliphatic rings. The van der Waals surface area contributed by atoms with Crippen molar-refractivity contribution in [2.45, 2.75) is 48.6 Å². The van der Waals surface area contributed by atoms with Gasteiger partial charge in [-0.2, -0.15) is 0 Å². The van der Waals surface area contributed by atoms with Crippen LogP contribution >= 0.6 is 24.8 Å². The SMILES string of the molecule is Cl.Cl.[Zr][CH]1C(CC2CCCCCC2)=Cc2c(-c3ccc4ccccc4c3)cccc21. The summed E-state index contributed by atoms with van der Waals surface area (Å²) in [5, 5.41) is 2.65. The zero-order valence-corrected chi connectivity index (χ0v) is 21.4. The molecule has 1 fully saturated rings. The minimum atomic E-state index is 0. The summed E-state index contributed by atoms with van der Waals surface area (Å²) in [6.07, 6.45) is 12.5. The van der Waals surface area contributed by atoms with E-state index in [1.54, 1.807) is 35.9 Å². The van der Waals surface area contributed by atoms with Crippen molar-refractivity contribution >= 4 is 41.7 Å². The van der Waals surface area contributed by atoms with E-state index < -0.39 is 0 Å². The molecule has 0 amide bonds. The second-order valence-corrected chi connectivity index (χ2v) is 10.0. The van der Waals surface area contributed by atoms with Crippen molar-refractivity contribution in [3.63, 3.8) is 0 Å². The molecule has 3 heteroatoms. The molecule has 0 saturated heterocycles. The predicted molar refractivity (Wildman–Crippen MR) is 130 cm³/mol. The predicted octanol–water partition coefficient (Wildman–Crippen LogP) is 8.70. The molecular weight excluding hydrogens is 486 g/mol. The van der Waals surface area contributed by atoms with E-state index >= 15 is 0 Å². The second-order valence-electron chi connectivity index (χ2n) is 8.58. The summed E-state index contributed by atoms with van der Waals surface area (Å²) in [5.74, 6) is 0.912. The Morgan fingerprint density at radius 3 is 2.27 bits per heavy atom. The molecule has 0 N–H and O–H groups in total. The fourth-order valence-corrected chi connectivity index (χ4v) is 6.26. The van der Waals surface area contributed by atoms with E-state index in [0.717, 1.165) is 5.92 Å². The van der Waals surface area contributed by atoms with Gasteiger partial charge in [-0.3, -0.25) is 0 Å². The average Bonchev–Trinajstić information content (AvgIpc) is 2.89. The molecule has 0 aromatic heterocycles. The van der Waals surface area contributed by atoms with E-state index in [2.05, 4.69) is 66.7 Å². The van der Waals surface area contributed by atoms with Gasteiger partial charge in [0, 0.05) is 0 Å². The van der Waals surface area contributed by atoms with Gasteiger partial charge in [-0.25, -0.2) is 0 Å². The van der Waals surface area contributed by atoms with Crippen LogP contribution in [0, 0.1) is 5.92 Å². The molecule has 0 spiro atoms. The van der Waals surface area contributed by atoms with E-state index in [1.807, 2.05) is 0 Å². The monoisotopic (exact) mass is 513 g/mol. The van der Waals surface area contributed by atoms with Crippen molar-refractivity contribution in [1.82, 2.24) is 0 Å². The Kier molecular flexibility index (Phi) is 8.42. The average molecular weight is 516 g/mol. The molecular formula is C27H29Cl2Zr. The number of benzene rings is 3. The van der Waals surface area contributed by atoms with Crippen LogP contribution in [0.25, 0.3) is 28.0 Å². The summed E-state index contributed by atoms with van der Waals surface area (Å²) in [4.78, 5) is 0. The molecule has 3 aromatic rings. The molecule has 0 radical (unpaired) electrons. The number of rotatable bonds is 3. The maximum absolute atomic E-state index is 2.56. The summed E-state index contributed by atoms with van der Waals surface area (Å²) < 4.78 is 0.658. The van der Waals surface area contributed by atoms with Gasteiger partial charge >= 0.3 is 185 Å². The first-order chi connectivity index (χ1) is 13.8. The Balaban J connectivity index is 0.00000128. The van der Waals surface area contributed by atoms with Crippen molar-refractivity contribution in [3.8, 4) is 11.1 Å². The Hall–Kier alpha value is -0.877. The van der Waals surface area contributed by atoms with E-state index in [0.29, 0.717) is 3.63 Å². The van der Waals surface area contributed by atoms with Gasteiger partial charge in [-0.1, -0.05) is 0 Å². The Bertz CT molecular complexity index is 1030. The van der Waals surface area contributed by atoms with Gasteiger partial charge in [-0.05, 0) is 0 Å². The second kappa shape index (κ2) is 10.6. The number of allylic oxidation sites excluding steroid dienone is 1. The third kappa shape index (κ3) is 4.80. The van der Waals surface area contributed by atoms with Gasteiger partial charge in [0.25, 0.3) is 0 Å². The summed E-state index contributed by atoms with van der Waals surface area (Å²) in [5.41, 5.74) is 7.51. The van der Waals surface area contributed by atoms with Crippen LogP contribution in [0.3, 0.4) is 0 Å². The standard InChI is InChI=1S/C27H27.2ClH.Zr/c1-2-4-9-20(8-3-1)16-21-17-24-12-7-13-26(27(24)18-21)25-15-14-22-10-5-6-11-23(22)19-25;;;/h5-7,10-15,17-20H,1-4,8-9,16H2;2*1H;. The fraction of sp³-hybridized carbons (Fsp3) is 0.333. The van der Waals surface area contributed by atoms with Crippen molar-refractivity contribution < 1.29 is 24.7 Å². The first-order valence-electron chi connectivity index (χ1n) is 10.8. The molecule has 5 rings (SSSR count). The van der Waals surface area contributed by atoms with Gasteiger partial charge < -0.3 is 0 Å². The van der Waals surface area contributed by atoms with Crippen LogP contribution in [-0.2, 0) is 24.7 Å². The Morgan fingerprint density at radius 2 is 1.50 bits per heavy atom. The normalized spacial score (nSPS) is 18.6. The molecule has 1 atom stereocenters. The van der Waals surface area contributed by atoms with Gasteiger partial charge in [0.2, 0.25) is 0 Å². The molecule has 1 saturated carbocycles. The molecule has 0 heterocycles. The fourth-order valence-electron chi connectivity index (χ4n) is 5.15. The topological polar surface area (TPSA) is 0 Å².